The lowest BCUT2D eigenvalue weighted by atomic mass is 10.0. The normalized spacial score (nSPS) is 19.2. The minimum Gasteiger partial charge on any atom is -0.496 e. The summed E-state index contributed by atoms with van der Waals surface area (Å²) >= 11 is 0. The molecule has 2 atom stereocenters. The smallest absolute Gasteiger partial charge is 0.322 e. The van der Waals surface area contributed by atoms with Crippen LogP contribution in [-0.4, -0.2) is 55.1 Å². The van der Waals surface area contributed by atoms with Crippen LogP contribution in [0.1, 0.15) is 6.92 Å². The largest absolute Gasteiger partial charge is 0.496 e. The van der Waals surface area contributed by atoms with Crippen LogP contribution in [0.4, 0.5) is 10.5 Å². The number of carbonyl (C=O) groups excluding carboxylic acids is 1. The summed E-state index contributed by atoms with van der Waals surface area (Å²) in [7, 11) is 1.65. The highest BCUT2D eigenvalue weighted by molar-refractivity contribution is 5.90. The first kappa shape index (κ1) is 18.2. The number of aliphatic hydroxyl groups is 1. The quantitative estimate of drug-likeness (QED) is 0.864. The first-order chi connectivity index (χ1) is 12.6. The zero-order valence-electron chi connectivity index (χ0n) is 15.0. The van der Waals surface area contributed by atoms with E-state index in [-0.39, 0.29) is 18.7 Å². The van der Waals surface area contributed by atoms with Crippen molar-refractivity contribution < 1.29 is 19.4 Å². The van der Waals surface area contributed by atoms with E-state index in [9.17, 15) is 9.90 Å². The lowest BCUT2D eigenvalue weighted by Gasteiger charge is -2.28. The van der Waals surface area contributed by atoms with Gasteiger partial charge >= 0.3 is 6.03 Å². The summed E-state index contributed by atoms with van der Waals surface area (Å²) < 4.78 is 10.7. The van der Waals surface area contributed by atoms with Gasteiger partial charge in [0.25, 0.3) is 0 Å². The Morgan fingerprint density at radius 1 is 1.23 bits per heavy atom. The lowest BCUT2D eigenvalue weighted by molar-refractivity contribution is 0.1000. The maximum absolute atomic E-state index is 12.6. The second-order valence-electron chi connectivity index (χ2n) is 6.17. The van der Waals surface area contributed by atoms with Crippen molar-refractivity contribution in [3.05, 3.63) is 48.5 Å². The number of likely N-dealkylation sites (N-methyl/N-ethyl adjacent to an activating group) is 1. The summed E-state index contributed by atoms with van der Waals surface area (Å²) in [6.45, 7) is 3.00. The maximum Gasteiger partial charge on any atom is 0.322 e. The Morgan fingerprint density at radius 2 is 1.96 bits per heavy atom. The van der Waals surface area contributed by atoms with E-state index in [1.807, 2.05) is 55.5 Å². The molecule has 138 valence electrons. The molecule has 0 aromatic heterocycles. The molecule has 2 aromatic rings. The third kappa shape index (κ3) is 3.81. The van der Waals surface area contributed by atoms with Crippen LogP contribution < -0.4 is 10.1 Å². The number of methoxy groups -OCH3 is 1. The fraction of sp³-hybridized carbons (Fsp3) is 0.350. The van der Waals surface area contributed by atoms with Crippen molar-refractivity contribution in [2.24, 2.45) is 0 Å². The van der Waals surface area contributed by atoms with E-state index in [1.165, 1.54) is 0 Å². The molecule has 26 heavy (non-hydrogen) atoms. The molecule has 6 heteroatoms. The molecule has 0 saturated carbocycles. The van der Waals surface area contributed by atoms with E-state index in [2.05, 4.69) is 5.32 Å². The highest BCUT2D eigenvalue weighted by atomic mass is 16.5. The number of urea groups is 1. The highest BCUT2D eigenvalue weighted by Crippen LogP contribution is 2.30. The number of ether oxygens (including phenoxy) is 2. The number of amides is 2. The van der Waals surface area contributed by atoms with E-state index in [0.29, 0.717) is 18.8 Å². The fourth-order valence-corrected chi connectivity index (χ4v) is 3.17. The molecule has 1 aliphatic rings. The molecule has 2 N–H and O–H groups in total. The summed E-state index contributed by atoms with van der Waals surface area (Å²) in [5, 5.41) is 12.8. The SMILES string of the molecule is CCN(C(=O)Nc1ccc(-c2ccccc2OC)cc1)[C@@H]1COC[C@H]1O. The Morgan fingerprint density at radius 3 is 2.58 bits per heavy atom. The monoisotopic (exact) mass is 356 g/mol. The number of nitrogens with one attached hydrogen (secondary N) is 1. The zero-order valence-corrected chi connectivity index (χ0v) is 15.0. The second kappa shape index (κ2) is 8.21. The molecule has 1 fully saturated rings. The van der Waals surface area contributed by atoms with Crippen LogP contribution >= 0.6 is 0 Å². The summed E-state index contributed by atoms with van der Waals surface area (Å²) in [6.07, 6.45) is -0.645. The molecule has 0 aliphatic carbocycles. The Labute approximate surface area is 153 Å². The number of aliphatic hydroxyl groups excluding tert-OH is 1. The number of hydrogen-bond acceptors (Lipinski definition) is 4. The number of carbonyl (C=O) groups is 1. The number of rotatable bonds is 5. The number of para-hydroxylation sites is 1. The van der Waals surface area contributed by atoms with Crippen molar-refractivity contribution in [2.45, 2.75) is 19.1 Å². The molecule has 3 rings (SSSR count). The van der Waals surface area contributed by atoms with Gasteiger partial charge in [0.2, 0.25) is 0 Å². The van der Waals surface area contributed by atoms with Gasteiger partial charge in [-0.3, -0.25) is 0 Å². The van der Waals surface area contributed by atoms with Gasteiger partial charge in [0.15, 0.2) is 0 Å². The number of nitrogens with zero attached hydrogens (tertiary/aromatic N) is 1. The van der Waals surface area contributed by atoms with Gasteiger partial charge in [-0.2, -0.15) is 0 Å². The standard InChI is InChI=1S/C20H24N2O4/c1-3-22(17-12-26-13-18(17)23)20(24)21-15-10-8-14(9-11-15)16-6-4-5-7-19(16)25-2/h4-11,17-18,23H,3,12-13H2,1-2H3,(H,21,24)/t17-,18-/m1/s1. The Balaban J connectivity index is 1.71. The maximum atomic E-state index is 12.6. The lowest BCUT2D eigenvalue weighted by Crippen LogP contribution is -2.48. The molecule has 1 aliphatic heterocycles. The van der Waals surface area contributed by atoms with Crippen LogP contribution in [0.25, 0.3) is 11.1 Å². The van der Waals surface area contributed by atoms with E-state index in [4.69, 9.17) is 9.47 Å². The van der Waals surface area contributed by atoms with E-state index in [0.717, 1.165) is 16.9 Å². The number of hydrogen-bond donors (Lipinski definition) is 2. The third-order valence-corrected chi connectivity index (χ3v) is 4.58. The molecule has 1 saturated heterocycles. The number of anilines is 1. The van der Waals surface area contributed by atoms with Crippen LogP contribution in [0.3, 0.4) is 0 Å². The van der Waals surface area contributed by atoms with Gasteiger partial charge in [0.1, 0.15) is 5.75 Å². The molecule has 0 radical (unpaired) electrons. The summed E-state index contributed by atoms with van der Waals surface area (Å²) in [4.78, 5) is 14.2. The third-order valence-electron chi connectivity index (χ3n) is 4.58. The minimum absolute atomic E-state index is 0.243. The van der Waals surface area contributed by atoms with Gasteiger partial charge in [-0.05, 0) is 30.7 Å². The predicted octanol–water partition coefficient (Wildman–Crippen LogP) is 2.98. The molecular formula is C20H24N2O4. The molecule has 0 bridgehead atoms. The van der Waals surface area contributed by atoms with Crippen molar-refractivity contribution in [1.82, 2.24) is 4.90 Å². The van der Waals surface area contributed by atoms with Crippen molar-refractivity contribution in [3.8, 4) is 16.9 Å². The Hall–Kier alpha value is -2.57. The average Bonchev–Trinajstić information content (AvgIpc) is 3.09. The summed E-state index contributed by atoms with van der Waals surface area (Å²) in [6, 6.07) is 14.8. The molecule has 6 nitrogen and oxygen atoms in total. The zero-order chi connectivity index (χ0) is 18.5. The summed E-state index contributed by atoms with van der Waals surface area (Å²) in [5.41, 5.74) is 2.70. The highest BCUT2D eigenvalue weighted by Gasteiger charge is 2.33. The molecule has 0 spiro atoms. The van der Waals surface area contributed by atoms with Crippen molar-refractivity contribution in [1.29, 1.82) is 0 Å². The fourth-order valence-electron chi connectivity index (χ4n) is 3.17. The van der Waals surface area contributed by atoms with E-state index in [1.54, 1.807) is 12.0 Å². The van der Waals surface area contributed by atoms with Gasteiger partial charge in [-0.1, -0.05) is 30.3 Å². The second-order valence-corrected chi connectivity index (χ2v) is 6.17. The van der Waals surface area contributed by atoms with Crippen molar-refractivity contribution in [3.63, 3.8) is 0 Å². The predicted molar refractivity (Wildman–Crippen MR) is 100 cm³/mol. The number of benzene rings is 2. The molecular weight excluding hydrogens is 332 g/mol. The van der Waals surface area contributed by atoms with Crippen LogP contribution in [0, 0.1) is 0 Å². The first-order valence-corrected chi connectivity index (χ1v) is 8.71. The van der Waals surface area contributed by atoms with E-state index < -0.39 is 6.10 Å². The summed E-state index contributed by atoms with van der Waals surface area (Å²) in [5.74, 6) is 0.802. The molecule has 1 heterocycles. The topological polar surface area (TPSA) is 71.0 Å². The average molecular weight is 356 g/mol. The van der Waals surface area contributed by atoms with Gasteiger partial charge < -0.3 is 24.8 Å². The minimum atomic E-state index is -0.645. The van der Waals surface area contributed by atoms with Gasteiger partial charge in [-0.25, -0.2) is 4.79 Å². The molecule has 0 unspecified atom stereocenters. The van der Waals surface area contributed by atoms with Crippen molar-refractivity contribution in [2.75, 3.05) is 32.2 Å². The van der Waals surface area contributed by atoms with Crippen molar-refractivity contribution >= 4 is 11.7 Å². The van der Waals surface area contributed by atoms with E-state index >= 15 is 0 Å². The molecule has 2 amide bonds. The van der Waals surface area contributed by atoms with Gasteiger partial charge in [-0.15, -0.1) is 0 Å². The van der Waals surface area contributed by atoms with Crippen LogP contribution in [0.5, 0.6) is 5.75 Å². The van der Waals surface area contributed by atoms with Gasteiger partial charge in [0.05, 0.1) is 32.5 Å². The Bertz CT molecular complexity index is 748. The Kier molecular flexibility index (Phi) is 5.75. The first-order valence-electron chi connectivity index (χ1n) is 8.71. The van der Waals surface area contributed by atoms with Crippen LogP contribution in [0.15, 0.2) is 48.5 Å². The van der Waals surface area contributed by atoms with Gasteiger partial charge in [0, 0.05) is 17.8 Å². The van der Waals surface area contributed by atoms with Crippen LogP contribution in [0.2, 0.25) is 0 Å². The molecule has 2 aromatic carbocycles. The van der Waals surface area contributed by atoms with Crippen LogP contribution in [-0.2, 0) is 4.74 Å².